The maximum absolute atomic E-state index is 13.7. The highest BCUT2D eigenvalue weighted by Gasteiger charge is 2.12. The number of hydrogen-bond acceptors (Lipinski definition) is 5. The van der Waals surface area contributed by atoms with Crippen molar-refractivity contribution in [3.63, 3.8) is 0 Å². The number of halogens is 1. The number of rotatable bonds is 6. The molecular formula is C20H20FN3O2S. The lowest BCUT2D eigenvalue weighted by Gasteiger charge is -2.09. The number of hydrogen-bond donors (Lipinski definition) is 1. The van der Waals surface area contributed by atoms with E-state index >= 15 is 0 Å². The Kier molecular flexibility index (Phi) is 5.91. The van der Waals surface area contributed by atoms with Gasteiger partial charge in [0.25, 0.3) is 0 Å². The summed E-state index contributed by atoms with van der Waals surface area (Å²) in [6.45, 7) is 5.68. The highest BCUT2D eigenvalue weighted by molar-refractivity contribution is 7.99. The molecule has 0 spiro atoms. The molecule has 0 aliphatic heterocycles. The Morgan fingerprint density at radius 3 is 2.78 bits per heavy atom. The molecule has 1 N–H and O–H groups in total. The predicted molar refractivity (Wildman–Crippen MR) is 105 cm³/mol. The molecule has 0 aliphatic carbocycles. The molecule has 0 fully saturated rings. The first kappa shape index (κ1) is 19.1. The van der Waals surface area contributed by atoms with E-state index in [9.17, 15) is 9.18 Å². The number of aromatic nitrogens is 2. The van der Waals surface area contributed by atoms with Gasteiger partial charge >= 0.3 is 0 Å². The smallest absolute Gasteiger partial charge is 0.236 e. The first-order valence-electron chi connectivity index (χ1n) is 8.47. The van der Waals surface area contributed by atoms with Crippen molar-refractivity contribution in [2.45, 2.75) is 26.5 Å². The zero-order chi connectivity index (χ0) is 19.4. The second kappa shape index (κ2) is 8.35. The quantitative estimate of drug-likeness (QED) is 0.668. The van der Waals surface area contributed by atoms with Crippen LogP contribution in [0.3, 0.4) is 0 Å². The minimum atomic E-state index is -0.309. The van der Waals surface area contributed by atoms with Crippen LogP contribution in [-0.2, 0) is 10.5 Å². The first-order chi connectivity index (χ1) is 12.9. The average Bonchev–Trinajstić information content (AvgIpc) is 3.10. The standard InChI is InChI=1S/C20H20FN3O2S/c1-12-5-4-6-17(14(12)3)22-18(25)10-27-11-19-23-20(24-26-19)15-8-7-13(2)16(21)9-15/h4-9H,10-11H2,1-3H3,(H,22,25). The van der Waals surface area contributed by atoms with Crippen molar-refractivity contribution >= 4 is 23.4 Å². The van der Waals surface area contributed by atoms with Crippen LogP contribution < -0.4 is 5.32 Å². The number of amides is 1. The Balaban J connectivity index is 1.53. The van der Waals surface area contributed by atoms with Gasteiger partial charge < -0.3 is 9.84 Å². The Morgan fingerprint density at radius 2 is 2.00 bits per heavy atom. The summed E-state index contributed by atoms with van der Waals surface area (Å²) in [6.07, 6.45) is 0. The number of carbonyl (C=O) groups excluding carboxylic acids is 1. The lowest BCUT2D eigenvalue weighted by molar-refractivity contribution is -0.113. The number of thioether (sulfide) groups is 1. The Bertz CT molecular complexity index is 972. The summed E-state index contributed by atoms with van der Waals surface area (Å²) in [4.78, 5) is 16.4. The van der Waals surface area contributed by atoms with Crippen molar-refractivity contribution in [2.75, 3.05) is 11.1 Å². The van der Waals surface area contributed by atoms with Crippen LogP contribution in [0.25, 0.3) is 11.4 Å². The molecule has 27 heavy (non-hydrogen) atoms. The molecule has 0 atom stereocenters. The fraction of sp³-hybridized carbons (Fsp3) is 0.250. The van der Waals surface area contributed by atoms with Gasteiger partial charge in [0.2, 0.25) is 17.6 Å². The monoisotopic (exact) mass is 385 g/mol. The number of aryl methyl sites for hydroxylation is 2. The Hall–Kier alpha value is -2.67. The van der Waals surface area contributed by atoms with E-state index in [2.05, 4.69) is 15.5 Å². The number of nitrogens with one attached hydrogen (secondary N) is 1. The highest BCUT2D eigenvalue weighted by atomic mass is 32.2. The van der Waals surface area contributed by atoms with Crippen molar-refractivity contribution in [3.8, 4) is 11.4 Å². The molecule has 3 aromatic rings. The normalized spacial score (nSPS) is 10.8. The molecule has 3 rings (SSSR count). The van der Waals surface area contributed by atoms with Crippen LogP contribution in [0, 0.1) is 26.6 Å². The van der Waals surface area contributed by atoms with Gasteiger partial charge in [-0.25, -0.2) is 4.39 Å². The minimum Gasteiger partial charge on any atom is -0.338 e. The van der Waals surface area contributed by atoms with Gasteiger partial charge in [0.05, 0.1) is 11.5 Å². The molecule has 2 aromatic carbocycles. The van der Waals surface area contributed by atoms with Gasteiger partial charge in [0.15, 0.2) is 0 Å². The molecule has 1 amide bonds. The summed E-state index contributed by atoms with van der Waals surface area (Å²) in [5.41, 5.74) is 4.13. The van der Waals surface area contributed by atoms with Gasteiger partial charge in [-0.15, -0.1) is 11.8 Å². The topological polar surface area (TPSA) is 68.0 Å². The number of anilines is 1. The van der Waals surface area contributed by atoms with Crippen molar-refractivity contribution in [1.82, 2.24) is 10.1 Å². The highest BCUT2D eigenvalue weighted by Crippen LogP contribution is 2.21. The van der Waals surface area contributed by atoms with Crippen LogP contribution in [0.1, 0.15) is 22.6 Å². The van der Waals surface area contributed by atoms with Crippen molar-refractivity contribution < 1.29 is 13.7 Å². The van der Waals surface area contributed by atoms with E-state index in [-0.39, 0.29) is 17.5 Å². The molecule has 0 saturated heterocycles. The van der Waals surface area contributed by atoms with Crippen LogP contribution in [0.15, 0.2) is 40.9 Å². The maximum Gasteiger partial charge on any atom is 0.236 e. The molecule has 7 heteroatoms. The number of benzene rings is 2. The minimum absolute atomic E-state index is 0.0888. The largest absolute Gasteiger partial charge is 0.338 e. The molecule has 0 bridgehead atoms. The van der Waals surface area contributed by atoms with Gasteiger partial charge in [0, 0.05) is 11.3 Å². The molecule has 0 radical (unpaired) electrons. The number of nitrogens with zero attached hydrogens (tertiary/aromatic N) is 2. The van der Waals surface area contributed by atoms with E-state index in [0.29, 0.717) is 28.6 Å². The third-order valence-electron chi connectivity index (χ3n) is 4.24. The van der Waals surface area contributed by atoms with Crippen LogP contribution in [0.5, 0.6) is 0 Å². The van der Waals surface area contributed by atoms with E-state index in [1.807, 2.05) is 32.0 Å². The molecule has 0 aliphatic rings. The summed E-state index contributed by atoms with van der Waals surface area (Å²) in [5.74, 6) is 1.01. The maximum atomic E-state index is 13.7. The van der Waals surface area contributed by atoms with Crippen LogP contribution in [0.2, 0.25) is 0 Å². The Morgan fingerprint density at radius 1 is 1.19 bits per heavy atom. The molecule has 140 valence electrons. The van der Waals surface area contributed by atoms with Gasteiger partial charge in [-0.1, -0.05) is 29.4 Å². The van der Waals surface area contributed by atoms with E-state index < -0.39 is 0 Å². The fourth-order valence-electron chi connectivity index (χ4n) is 2.47. The lowest BCUT2D eigenvalue weighted by Crippen LogP contribution is -2.15. The predicted octanol–water partition coefficient (Wildman–Crippen LogP) is 4.67. The van der Waals surface area contributed by atoms with E-state index in [4.69, 9.17) is 4.52 Å². The fourth-order valence-corrected chi connectivity index (χ4v) is 3.12. The molecule has 0 saturated carbocycles. The van der Waals surface area contributed by atoms with Crippen LogP contribution >= 0.6 is 11.8 Å². The summed E-state index contributed by atoms with van der Waals surface area (Å²) in [7, 11) is 0. The molecule has 1 heterocycles. The third kappa shape index (κ3) is 4.74. The van der Waals surface area contributed by atoms with E-state index in [0.717, 1.165) is 16.8 Å². The van der Waals surface area contributed by atoms with E-state index in [1.54, 1.807) is 19.1 Å². The van der Waals surface area contributed by atoms with Crippen molar-refractivity contribution in [3.05, 3.63) is 64.8 Å². The zero-order valence-corrected chi connectivity index (χ0v) is 16.2. The summed E-state index contributed by atoms with van der Waals surface area (Å²) < 4.78 is 18.8. The molecule has 5 nitrogen and oxygen atoms in total. The molecule has 1 aromatic heterocycles. The summed E-state index contributed by atoms with van der Waals surface area (Å²) >= 11 is 1.38. The first-order valence-corrected chi connectivity index (χ1v) is 9.62. The average molecular weight is 385 g/mol. The van der Waals surface area contributed by atoms with Gasteiger partial charge in [0.1, 0.15) is 5.82 Å². The molecule has 0 unspecified atom stereocenters. The third-order valence-corrected chi connectivity index (χ3v) is 5.15. The van der Waals surface area contributed by atoms with Gasteiger partial charge in [-0.05, 0) is 49.6 Å². The van der Waals surface area contributed by atoms with Crippen molar-refractivity contribution in [2.24, 2.45) is 0 Å². The van der Waals surface area contributed by atoms with Crippen molar-refractivity contribution in [1.29, 1.82) is 0 Å². The zero-order valence-electron chi connectivity index (χ0n) is 15.4. The summed E-state index contributed by atoms with van der Waals surface area (Å²) in [6, 6.07) is 10.6. The van der Waals surface area contributed by atoms with Crippen LogP contribution in [-0.4, -0.2) is 21.8 Å². The van der Waals surface area contributed by atoms with Gasteiger partial charge in [-0.3, -0.25) is 4.79 Å². The van der Waals surface area contributed by atoms with E-state index in [1.165, 1.54) is 17.8 Å². The van der Waals surface area contributed by atoms with Crippen LogP contribution in [0.4, 0.5) is 10.1 Å². The Labute approximate surface area is 161 Å². The summed E-state index contributed by atoms with van der Waals surface area (Å²) in [5, 5.41) is 6.79. The number of carbonyl (C=O) groups is 1. The second-order valence-corrected chi connectivity index (χ2v) is 7.25. The van der Waals surface area contributed by atoms with Gasteiger partial charge in [-0.2, -0.15) is 4.98 Å². The SMILES string of the molecule is Cc1ccc(-c2noc(CSCC(=O)Nc3cccc(C)c3C)n2)cc1F. The molecular weight excluding hydrogens is 365 g/mol. The lowest BCUT2D eigenvalue weighted by atomic mass is 10.1. The second-order valence-electron chi connectivity index (χ2n) is 6.26.